The molecule has 0 spiro atoms. The van der Waals surface area contributed by atoms with Crippen LogP contribution in [-0.2, 0) is 0 Å². The van der Waals surface area contributed by atoms with Gasteiger partial charge in [0.15, 0.2) is 0 Å². The molecule has 1 aliphatic carbocycles. The zero-order chi connectivity index (χ0) is 13.4. The normalized spacial score (nSPS) is 20.0. The van der Waals surface area contributed by atoms with Gasteiger partial charge in [-0.15, -0.1) is 24.8 Å². The van der Waals surface area contributed by atoms with Crippen molar-refractivity contribution in [1.29, 1.82) is 0 Å². The highest BCUT2D eigenvalue weighted by Gasteiger charge is 2.37. The fourth-order valence-corrected chi connectivity index (χ4v) is 3.50. The summed E-state index contributed by atoms with van der Waals surface area (Å²) < 4.78 is 0. The Morgan fingerprint density at radius 2 is 1.77 bits per heavy atom. The van der Waals surface area contributed by atoms with Gasteiger partial charge < -0.3 is 5.32 Å². The number of para-hydroxylation sites is 1. The number of hydrogen-bond acceptors (Lipinski definition) is 3. The number of nitrogens with zero attached hydrogens (tertiary/aromatic N) is 2. The molecule has 1 aliphatic heterocycles. The standard InChI is InChI=1S/C17H21N3.2ClH/c1-2-4-16-14(3-1)15(7-8-19-16)17(13-5-6-13)20-11-9-18-10-12-20;;/h1-4,7-8,13,17-18H,5-6,9-12H2;2*1H/t17-;;/m0../s1. The summed E-state index contributed by atoms with van der Waals surface area (Å²) in [6.45, 7) is 4.56. The minimum atomic E-state index is 0. The molecule has 1 saturated heterocycles. The van der Waals surface area contributed by atoms with Crippen LogP contribution in [0.3, 0.4) is 0 Å². The van der Waals surface area contributed by atoms with Gasteiger partial charge in [0.2, 0.25) is 0 Å². The van der Waals surface area contributed by atoms with Crippen LogP contribution in [0.15, 0.2) is 36.5 Å². The molecule has 1 N–H and O–H groups in total. The Bertz CT molecular complexity index is 604. The topological polar surface area (TPSA) is 28.2 Å². The second-order valence-corrected chi connectivity index (χ2v) is 5.99. The van der Waals surface area contributed by atoms with Crippen LogP contribution in [0.2, 0.25) is 0 Å². The maximum absolute atomic E-state index is 4.52. The van der Waals surface area contributed by atoms with E-state index in [2.05, 4.69) is 45.5 Å². The van der Waals surface area contributed by atoms with E-state index in [0.29, 0.717) is 6.04 Å². The van der Waals surface area contributed by atoms with Gasteiger partial charge in [-0.2, -0.15) is 0 Å². The first kappa shape index (κ1) is 17.5. The molecule has 0 amide bonds. The third-order valence-corrected chi connectivity index (χ3v) is 4.61. The number of benzene rings is 1. The van der Waals surface area contributed by atoms with Crippen molar-refractivity contribution in [3.63, 3.8) is 0 Å². The fraction of sp³-hybridized carbons (Fsp3) is 0.471. The van der Waals surface area contributed by atoms with E-state index < -0.39 is 0 Å². The maximum atomic E-state index is 4.52. The zero-order valence-corrected chi connectivity index (χ0v) is 14.2. The second kappa shape index (κ2) is 7.60. The minimum absolute atomic E-state index is 0. The van der Waals surface area contributed by atoms with Crippen molar-refractivity contribution in [3.05, 3.63) is 42.1 Å². The predicted octanol–water partition coefficient (Wildman–Crippen LogP) is 3.43. The van der Waals surface area contributed by atoms with Crippen molar-refractivity contribution in [1.82, 2.24) is 15.2 Å². The molecular weight excluding hydrogens is 317 g/mol. The molecule has 0 unspecified atom stereocenters. The second-order valence-electron chi connectivity index (χ2n) is 5.99. The van der Waals surface area contributed by atoms with Crippen molar-refractivity contribution in [3.8, 4) is 0 Å². The molecule has 0 radical (unpaired) electrons. The highest BCUT2D eigenvalue weighted by atomic mass is 35.5. The van der Waals surface area contributed by atoms with Gasteiger partial charge in [0.1, 0.15) is 0 Å². The van der Waals surface area contributed by atoms with Crippen molar-refractivity contribution in [2.75, 3.05) is 26.2 Å². The van der Waals surface area contributed by atoms with Crippen LogP contribution in [0.1, 0.15) is 24.4 Å². The van der Waals surface area contributed by atoms with E-state index in [1.165, 1.54) is 23.8 Å². The summed E-state index contributed by atoms with van der Waals surface area (Å²) in [6.07, 6.45) is 4.74. The van der Waals surface area contributed by atoms with Gasteiger partial charge in [0.25, 0.3) is 0 Å². The highest BCUT2D eigenvalue weighted by molar-refractivity contribution is 5.85. The van der Waals surface area contributed by atoms with Crippen LogP contribution in [-0.4, -0.2) is 36.1 Å². The molecule has 2 fully saturated rings. The Morgan fingerprint density at radius 1 is 1.05 bits per heavy atom. The summed E-state index contributed by atoms with van der Waals surface area (Å²) in [5.74, 6) is 0.846. The molecular formula is C17H23Cl2N3. The van der Waals surface area contributed by atoms with Gasteiger partial charge in [-0.3, -0.25) is 9.88 Å². The molecule has 1 atom stereocenters. The molecule has 120 valence electrons. The lowest BCUT2D eigenvalue weighted by atomic mass is 9.96. The lowest BCUT2D eigenvalue weighted by Gasteiger charge is -2.36. The van der Waals surface area contributed by atoms with Crippen molar-refractivity contribution >= 4 is 35.7 Å². The number of fused-ring (bicyclic) bond motifs is 1. The Balaban J connectivity index is 0.000000882. The van der Waals surface area contributed by atoms with E-state index in [1.54, 1.807) is 0 Å². The van der Waals surface area contributed by atoms with Crippen molar-refractivity contribution in [2.24, 2.45) is 5.92 Å². The number of pyridine rings is 1. The SMILES string of the molecule is Cl.Cl.c1ccc2c([C@H](C3CC3)N3CCNCC3)ccnc2c1. The summed E-state index contributed by atoms with van der Waals surface area (Å²) in [4.78, 5) is 7.19. The first-order chi connectivity index (χ1) is 9.93. The number of aromatic nitrogens is 1. The Hall–Kier alpha value is -0.870. The number of rotatable bonds is 3. The smallest absolute Gasteiger partial charge is 0.0705 e. The fourth-order valence-electron chi connectivity index (χ4n) is 3.50. The van der Waals surface area contributed by atoms with E-state index in [0.717, 1.165) is 37.6 Å². The summed E-state index contributed by atoms with van der Waals surface area (Å²) in [7, 11) is 0. The highest BCUT2D eigenvalue weighted by Crippen LogP contribution is 2.46. The lowest BCUT2D eigenvalue weighted by Crippen LogP contribution is -2.45. The molecule has 2 heterocycles. The Morgan fingerprint density at radius 3 is 2.50 bits per heavy atom. The van der Waals surface area contributed by atoms with Gasteiger partial charge >= 0.3 is 0 Å². The summed E-state index contributed by atoms with van der Waals surface area (Å²) >= 11 is 0. The Labute approximate surface area is 144 Å². The molecule has 22 heavy (non-hydrogen) atoms. The van der Waals surface area contributed by atoms with Crippen molar-refractivity contribution < 1.29 is 0 Å². The van der Waals surface area contributed by atoms with Crippen LogP contribution in [0.4, 0.5) is 0 Å². The van der Waals surface area contributed by atoms with Gasteiger partial charge in [-0.25, -0.2) is 0 Å². The predicted molar refractivity (Wildman–Crippen MR) is 96.1 cm³/mol. The van der Waals surface area contributed by atoms with Gasteiger partial charge in [0, 0.05) is 43.8 Å². The van der Waals surface area contributed by atoms with Crippen LogP contribution in [0.25, 0.3) is 10.9 Å². The van der Waals surface area contributed by atoms with E-state index in [-0.39, 0.29) is 24.8 Å². The number of nitrogens with one attached hydrogen (secondary N) is 1. The van der Waals surface area contributed by atoms with Crippen molar-refractivity contribution in [2.45, 2.75) is 18.9 Å². The average molecular weight is 340 g/mol. The molecule has 2 aliphatic rings. The lowest BCUT2D eigenvalue weighted by molar-refractivity contribution is 0.157. The molecule has 4 rings (SSSR count). The molecule has 5 heteroatoms. The Kier molecular flexibility index (Phi) is 6.04. The van der Waals surface area contributed by atoms with Gasteiger partial charge in [-0.1, -0.05) is 18.2 Å². The number of halogens is 2. The largest absolute Gasteiger partial charge is 0.314 e. The number of hydrogen-bond donors (Lipinski definition) is 1. The first-order valence-electron chi connectivity index (χ1n) is 7.72. The van der Waals surface area contributed by atoms with E-state index in [1.807, 2.05) is 6.20 Å². The monoisotopic (exact) mass is 339 g/mol. The first-order valence-corrected chi connectivity index (χ1v) is 7.72. The molecule has 1 aromatic carbocycles. The zero-order valence-electron chi connectivity index (χ0n) is 12.6. The van der Waals surface area contributed by atoms with Gasteiger partial charge in [-0.05, 0) is 36.5 Å². The van der Waals surface area contributed by atoms with E-state index in [9.17, 15) is 0 Å². The van der Waals surface area contributed by atoms with E-state index in [4.69, 9.17) is 0 Å². The third-order valence-electron chi connectivity index (χ3n) is 4.61. The molecule has 2 aromatic rings. The van der Waals surface area contributed by atoms with Crippen LogP contribution in [0, 0.1) is 5.92 Å². The number of piperazine rings is 1. The summed E-state index contributed by atoms with van der Waals surface area (Å²) in [5, 5.41) is 4.80. The minimum Gasteiger partial charge on any atom is -0.314 e. The van der Waals surface area contributed by atoms with E-state index >= 15 is 0 Å². The molecule has 3 nitrogen and oxygen atoms in total. The quantitative estimate of drug-likeness (QED) is 0.928. The molecule has 0 bridgehead atoms. The third kappa shape index (κ3) is 3.38. The van der Waals surface area contributed by atoms with Crippen LogP contribution < -0.4 is 5.32 Å². The van der Waals surface area contributed by atoms with Crippen LogP contribution >= 0.6 is 24.8 Å². The average Bonchev–Trinajstić information content (AvgIpc) is 3.34. The maximum Gasteiger partial charge on any atom is 0.0705 e. The molecule has 1 aromatic heterocycles. The van der Waals surface area contributed by atoms with Gasteiger partial charge in [0.05, 0.1) is 5.52 Å². The molecule has 1 saturated carbocycles. The van der Waals surface area contributed by atoms with Crippen LogP contribution in [0.5, 0.6) is 0 Å². The summed E-state index contributed by atoms with van der Waals surface area (Å²) in [6, 6.07) is 11.4. The summed E-state index contributed by atoms with van der Waals surface area (Å²) in [5.41, 5.74) is 2.62.